The van der Waals surface area contributed by atoms with Crippen LogP contribution in [0.4, 0.5) is 0 Å². The average molecular weight is 711 g/mol. The maximum Gasteiger partial charge on any atom is 0.252 e. The Balaban J connectivity index is 1.22. The van der Waals surface area contributed by atoms with Gasteiger partial charge in [0.25, 0.3) is 11.8 Å². The first-order chi connectivity index (χ1) is 24.0. The highest BCUT2D eigenvalue weighted by Crippen LogP contribution is 2.70. The van der Waals surface area contributed by atoms with Crippen molar-refractivity contribution in [2.75, 3.05) is 13.1 Å². The smallest absolute Gasteiger partial charge is 0.252 e. The Hall–Kier alpha value is -2.34. The molecule has 1 aromatic rings. The summed E-state index contributed by atoms with van der Waals surface area (Å²) in [6.07, 6.45) is 3.15. The van der Waals surface area contributed by atoms with E-state index in [0.717, 1.165) is 50.5 Å². The molecular formula is C41H62N2O8. The number of ether oxygens (including phenoxy) is 2. The van der Waals surface area contributed by atoms with Crippen LogP contribution in [0.25, 0.3) is 0 Å². The summed E-state index contributed by atoms with van der Waals surface area (Å²) >= 11 is 0. The van der Waals surface area contributed by atoms with Crippen LogP contribution in [0.3, 0.4) is 0 Å². The zero-order chi connectivity index (χ0) is 37.0. The molecule has 1 heterocycles. The number of aliphatic hydroxyl groups excluding tert-OH is 3. The van der Waals surface area contributed by atoms with Crippen molar-refractivity contribution in [3.05, 3.63) is 46.5 Å². The van der Waals surface area contributed by atoms with Gasteiger partial charge in [-0.25, -0.2) is 0 Å². The van der Waals surface area contributed by atoms with Gasteiger partial charge in [-0.15, -0.1) is 0 Å². The van der Waals surface area contributed by atoms with Gasteiger partial charge in [0.05, 0.1) is 28.9 Å². The molecule has 3 saturated carbocycles. The first kappa shape index (κ1) is 38.4. The van der Waals surface area contributed by atoms with Gasteiger partial charge in [-0.3, -0.25) is 9.59 Å². The van der Waals surface area contributed by atoms with Gasteiger partial charge in [-0.1, -0.05) is 59.3 Å². The van der Waals surface area contributed by atoms with Crippen LogP contribution in [-0.4, -0.2) is 87.7 Å². The number of carbonyl (C=O) groups is 2. The topological polar surface area (TPSA) is 158 Å². The second kappa shape index (κ2) is 14.5. The predicted molar refractivity (Wildman–Crippen MR) is 194 cm³/mol. The number of hydrogen-bond acceptors (Lipinski definition) is 8. The Labute approximate surface area is 303 Å². The summed E-state index contributed by atoms with van der Waals surface area (Å²) in [7, 11) is 0. The molecule has 4 aliphatic carbocycles. The lowest BCUT2D eigenvalue weighted by atomic mass is 9.45. The molecule has 51 heavy (non-hydrogen) atoms. The van der Waals surface area contributed by atoms with Gasteiger partial charge in [0.1, 0.15) is 18.3 Å². The molecule has 0 radical (unpaired) electrons. The van der Waals surface area contributed by atoms with Crippen LogP contribution in [0.5, 0.6) is 0 Å². The molecule has 4 fully saturated rings. The van der Waals surface area contributed by atoms with Crippen LogP contribution >= 0.6 is 0 Å². The molecule has 1 aliphatic heterocycles. The molecule has 10 heteroatoms. The molecule has 12 atom stereocenters. The van der Waals surface area contributed by atoms with E-state index in [1.54, 1.807) is 6.92 Å². The van der Waals surface area contributed by atoms with E-state index >= 15 is 0 Å². The fourth-order valence-electron chi connectivity index (χ4n) is 10.6. The Bertz CT molecular complexity index is 1500. The number of aliphatic hydroxyl groups is 4. The standard InChI is InChI=1S/C41H62N2O8/c1-22(2)20-42-36(47)28-10-8-25(18-29(28)37(48)43-21-23(3)4)30-14-17-41(49)32-11-9-26-19-27(51-38-35(46)34(45)33(44)24(5)50-38)12-15-39(26,6)31(32)13-16-40(30,41)7/h8,10,18-19,22-24,27,30-35,38,44-46,49H,9,11-17,20-21H2,1-7H3,(H,42,47)(H,43,48)/t24-,27-,30+,31-,32+,33-,34+,35+,38-,39-,40+,41-/m0/s1. The van der Waals surface area contributed by atoms with Crippen molar-refractivity contribution in [1.82, 2.24) is 10.6 Å². The van der Waals surface area contributed by atoms with Crippen molar-refractivity contribution in [3.63, 3.8) is 0 Å². The summed E-state index contributed by atoms with van der Waals surface area (Å²) in [6, 6.07) is 5.74. The molecule has 284 valence electrons. The van der Waals surface area contributed by atoms with Gasteiger partial charge >= 0.3 is 0 Å². The van der Waals surface area contributed by atoms with Gasteiger partial charge in [-0.2, -0.15) is 0 Å². The number of carbonyl (C=O) groups excluding carboxylic acids is 2. The molecular weight excluding hydrogens is 648 g/mol. The van der Waals surface area contributed by atoms with Crippen molar-refractivity contribution in [1.29, 1.82) is 0 Å². The number of nitrogens with one attached hydrogen (secondary N) is 2. The van der Waals surface area contributed by atoms with Crippen LogP contribution in [0, 0.1) is 34.5 Å². The number of hydrogen-bond donors (Lipinski definition) is 6. The number of allylic oxidation sites excluding steroid dienone is 1. The third-order valence-corrected chi connectivity index (χ3v) is 13.7. The highest BCUT2D eigenvalue weighted by molar-refractivity contribution is 6.07. The van der Waals surface area contributed by atoms with Crippen LogP contribution < -0.4 is 10.6 Å². The fourth-order valence-corrected chi connectivity index (χ4v) is 10.6. The molecule has 6 N–H and O–H groups in total. The summed E-state index contributed by atoms with van der Waals surface area (Å²) < 4.78 is 12.0. The van der Waals surface area contributed by atoms with Crippen molar-refractivity contribution >= 4 is 11.8 Å². The van der Waals surface area contributed by atoms with Gasteiger partial charge in [0.15, 0.2) is 6.29 Å². The largest absolute Gasteiger partial charge is 0.389 e. The summed E-state index contributed by atoms with van der Waals surface area (Å²) in [5.41, 5.74) is 1.81. The lowest BCUT2D eigenvalue weighted by Crippen LogP contribution is -2.60. The van der Waals surface area contributed by atoms with Crippen molar-refractivity contribution in [2.45, 2.75) is 148 Å². The normalized spacial score (nSPS) is 40.6. The third-order valence-electron chi connectivity index (χ3n) is 13.7. The zero-order valence-corrected chi connectivity index (χ0v) is 31.7. The van der Waals surface area contributed by atoms with Crippen LogP contribution in [0.15, 0.2) is 29.8 Å². The number of amides is 2. The number of rotatable bonds is 9. The lowest BCUT2D eigenvalue weighted by Gasteiger charge is -2.62. The minimum absolute atomic E-state index is 0.0555. The maximum atomic E-state index is 13.6. The number of fused-ring (bicyclic) bond motifs is 5. The highest BCUT2D eigenvalue weighted by Gasteiger charge is 2.66. The first-order valence-electron chi connectivity index (χ1n) is 19.5. The van der Waals surface area contributed by atoms with Crippen LogP contribution in [0.2, 0.25) is 0 Å². The minimum Gasteiger partial charge on any atom is -0.389 e. The maximum absolute atomic E-state index is 13.6. The van der Waals surface area contributed by atoms with Gasteiger partial charge in [0.2, 0.25) is 0 Å². The molecule has 2 amide bonds. The third kappa shape index (κ3) is 6.82. The van der Waals surface area contributed by atoms with Gasteiger partial charge < -0.3 is 40.5 Å². The van der Waals surface area contributed by atoms with E-state index < -0.39 is 36.3 Å². The fraction of sp³-hybridized carbons (Fsp3) is 0.756. The Morgan fingerprint density at radius 3 is 2.20 bits per heavy atom. The quantitative estimate of drug-likeness (QED) is 0.199. The summed E-state index contributed by atoms with van der Waals surface area (Å²) in [5, 5.41) is 49.9. The van der Waals surface area contributed by atoms with E-state index in [9.17, 15) is 30.0 Å². The zero-order valence-electron chi connectivity index (χ0n) is 31.7. The average Bonchev–Trinajstić information content (AvgIpc) is 3.38. The van der Waals surface area contributed by atoms with Gasteiger partial charge in [-0.05, 0) is 111 Å². The molecule has 1 aromatic carbocycles. The lowest BCUT2D eigenvalue weighted by molar-refractivity contribution is -0.301. The summed E-state index contributed by atoms with van der Waals surface area (Å²) in [6.45, 7) is 15.5. The molecule has 5 aliphatic rings. The molecule has 1 saturated heterocycles. The molecule has 10 nitrogen and oxygen atoms in total. The SMILES string of the molecule is CC(C)CNC(=O)c1ccc([C@H]2CC[C@]3(O)[C@@H]4CCC5=C[C@@H](O[C@@H]6O[C@@H](C)[C@H](O)[C@@H](O)[C@H]6O)CC[C@]5(C)[C@H]4CC[C@]23C)cc1C(=O)NCC(C)C. The first-order valence-corrected chi connectivity index (χ1v) is 19.5. The molecule has 0 aromatic heterocycles. The van der Waals surface area contributed by atoms with E-state index in [2.05, 4.69) is 30.6 Å². The Morgan fingerprint density at radius 1 is 0.863 bits per heavy atom. The molecule has 0 bridgehead atoms. The van der Waals surface area contributed by atoms with E-state index in [4.69, 9.17) is 9.47 Å². The predicted octanol–water partition coefficient (Wildman–Crippen LogP) is 4.83. The van der Waals surface area contributed by atoms with Crippen molar-refractivity contribution in [2.24, 2.45) is 34.5 Å². The summed E-state index contributed by atoms with van der Waals surface area (Å²) in [4.78, 5) is 26.8. The number of benzene rings is 1. The second-order valence-electron chi connectivity index (χ2n) is 17.7. The van der Waals surface area contributed by atoms with Crippen molar-refractivity contribution < 1.29 is 39.5 Å². The van der Waals surface area contributed by atoms with E-state index in [0.29, 0.717) is 36.6 Å². The Morgan fingerprint density at radius 2 is 1.53 bits per heavy atom. The molecule has 6 rings (SSSR count). The molecule has 0 unspecified atom stereocenters. The second-order valence-corrected chi connectivity index (χ2v) is 17.7. The van der Waals surface area contributed by atoms with E-state index in [1.807, 2.05) is 45.9 Å². The monoisotopic (exact) mass is 710 g/mol. The van der Waals surface area contributed by atoms with Crippen molar-refractivity contribution in [3.8, 4) is 0 Å². The van der Waals surface area contributed by atoms with Crippen LogP contribution in [0.1, 0.15) is 132 Å². The highest BCUT2D eigenvalue weighted by atomic mass is 16.7. The summed E-state index contributed by atoms with van der Waals surface area (Å²) in [5.74, 6) is 0.581. The minimum atomic E-state index is -1.33. The van der Waals surface area contributed by atoms with Gasteiger partial charge in [0, 0.05) is 18.5 Å². The van der Waals surface area contributed by atoms with E-state index in [-0.39, 0.29) is 52.4 Å². The van der Waals surface area contributed by atoms with Crippen LogP contribution in [-0.2, 0) is 9.47 Å². The van der Waals surface area contributed by atoms with E-state index in [1.165, 1.54) is 5.57 Å². The molecule has 0 spiro atoms. The Kier molecular flexibility index (Phi) is 10.9.